The summed E-state index contributed by atoms with van der Waals surface area (Å²) in [4.78, 5) is 11.7. The van der Waals surface area contributed by atoms with Gasteiger partial charge < -0.3 is 20.2 Å². The number of aryl methyl sites for hydroxylation is 1. The zero-order valence-corrected chi connectivity index (χ0v) is 11.3. The van der Waals surface area contributed by atoms with Gasteiger partial charge >= 0.3 is 6.03 Å². The van der Waals surface area contributed by atoms with E-state index in [1.165, 1.54) is 19.3 Å². The molecule has 0 spiro atoms. The monoisotopic (exact) mass is 266 g/mol. The van der Waals surface area contributed by atoms with E-state index in [1.807, 2.05) is 6.92 Å². The van der Waals surface area contributed by atoms with Crippen molar-refractivity contribution >= 4 is 6.03 Å². The Hall–Kier alpha value is -1.49. The number of amides is 2. The van der Waals surface area contributed by atoms with Crippen molar-refractivity contribution in [1.29, 1.82) is 0 Å². The summed E-state index contributed by atoms with van der Waals surface area (Å²) in [5, 5.41) is 15.5. The first-order chi connectivity index (χ1) is 9.15. The number of carbonyl (C=O) groups excluding carboxylic acids is 1. The van der Waals surface area contributed by atoms with Crippen molar-refractivity contribution < 1.29 is 14.3 Å². The molecule has 1 heterocycles. The van der Waals surface area contributed by atoms with Gasteiger partial charge in [-0.15, -0.1) is 0 Å². The van der Waals surface area contributed by atoms with Crippen LogP contribution in [0, 0.1) is 6.92 Å². The van der Waals surface area contributed by atoms with Gasteiger partial charge in [-0.25, -0.2) is 4.79 Å². The summed E-state index contributed by atoms with van der Waals surface area (Å²) in [7, 11) is 0. The van der Waals surface area contributed by atoms with Crippen molar-refractivity contribution in [2.75, 3.05) is 6.54 Å². The Morgan fingerprint density at radius 2 is 2.16 bits per heavy atom. The van der Waals surface area contributed by atoms with Crippen molar-refractivity contribution in [1.82, 2.24) is 10.6 Å². The van der Waals surface area contributed by atoms with Crippen LogP contribution in [0.4, 0.5) is 4.79 Å². The van der Waals surface area contributed by atoms with Gasteiger partial charge in [0.1, 0.15) is 17.6 Å². The van der Waals surface area contributed by atoms with Crippen LogP contribution in [0.5, 0.6) is 0 Å². The second-order valence-electron chi connectivity index (χ2n) is 5.15. The molecule has 19 heavy (non-hydrogen) atoms. The smallest absolute Gasteiger partial charge is 0.315 e. The van der Waals surface area contributed by atoms with Crippen LogP contribution in [0.3, 0.4) is 0 Å². The van der Waals surface area contributed by atoms with Crippen LogP contribution in [-0.2, 0) is 0 Å². The number of aliphatic hydroxyl groups excluding tert-OH is 1. The molecule has 1 aromatic heterocycles. The number of hydrogen-bond acceptors (Lipinski definition) is 3. The van der Waals surface area contributed by atoms with Crippen molar-refractivity contribution in [3.05, 3.63) is 23.7 Å². The minimum Gasteiger partial charge on any atom is -0.464 e. The predicted molar refractivity (Wildman–Crippen MR) is 71.8 cm³/mol. The first kappa shape index (κ1) is 13.9. The molecular weight excluding hydrogens is 244 g/mol. The maximum atomic E-state index is 11.7. The van der Waals surface area contributed by atoms with E-state index >= 15 is 0 Å². The number of hydrogen-bond donors (Lipinski definition) is 3. The molecule has 1 saturated carbocycles. The molecule has 1 fully saturated rings. The molecule has 0 saturated heterocycles. The fraction of sp³-hybridized carbons (Fsp3) is 0.643. The van der Waals surface area contributed by atoms with Gasteiger partial charge in [-0.1, -0.05) is 19.3 Å². The SMILES string of the molecule is Cc1ccc(C(O)CNC(=O)NC2CCCCC2)o1. The number of aliphatic hydroxyl groups is 1. The molecule has 2 rings (SSSR count). The summed E-state index contributed by atoms with van der Waals surface area (Å²) in [5.74, 6) is 1.23. The average molecular weight is 266 g/mol. The van der Waals surface area contributed by atoms with Gasteiger partial charge in [-0.05, 0) is 31.9 Å². The van der Waals surface area contributed by atoms with E-state index in [9.17, 15) is 9.90 Å². The van der Waals surface area contributed by atoms with E-state index in [4.69, 9.17) is 4.42 Å². The second-order valence-corrected chi connectivity index (χ2v) is 5.15. The molecule has 5 nitrogen and oxygen atoms in total. The first-order valence-electron chi connectivity index (χ1n) is 6.94. The van der Waals surface area contributed by atoms with Crippen LogP contribution in [0.2, 0.25) is 0 Å². The van der Waals surface area contributed by atoms with Crippen molar-refractivity contribution in [3.63, 3.8) is 0 Å². The lowest BCUT2D eigenvalue weighted by Gasteiger charge is -2.23. The van der Waals surface area contributed by atoms with E-state index in [0.717, 1.165) is 18.6 Å². The molecule has 106 valence electrons. The van der Waals surface area contributed by atoms with Crippen molar-refractivity contribution in [2.24, 2.45) is 0 Å². The Kier molecular flexibility index (Phi) is 4.85. The van der Waals surface area contributed by atoms with E-state index in [0.29, 0.717) is 5.76 Å². The van der Waals surface area contributed by atoms with E-state index in [-0.39, 0.29) is 18.6 Å². The Morgan fingerprint density at radius 1 is 1.42 bits per heavy atom. The molecule has 0 bridgehead atoms. The van der Waals surface area contributed by atoms with Crippen LogP contribution in [0.25, 0.3) is 0 Å². The lowest BCUT2D eigenvalue weighted by atomic mass is 9.96. The molecule has 3 N–H and O–H groups in total. The summed E-state index contributed by atoms with van der Waals surface area (Å²) < 4.78 is 5.31. The van der Waals surface area contributed by atoms with E-state index in [1.54, 1.807) is 12.1 Å². The zero-order chi connectivity index (χ0) is 13.7. The predicted octanol–water partition coefficient (Wildman–Crippen LogP) is 2.25. The van der Waals surface area contributed by atoms with Gasteiger partial charge in [-0.3, -0.25) is 0 Å². The summed E-state index contributed by atoms with van der Waals surface area (Å²) in [6, 6.07) is 3.58. The lowest BCUT2D eigenvalue weighted by Crippen LogP contribution is -2.44. The highest BCUT2D eigenvalue weighted by atomic mass is 16.4. The Morgan fingerprint density at radius 3 is 2.79 bits per heavy atom. The molecule has 1 aromatic rings. The standard InChI is InChI=1S/C14H22N2O3/c1-10-7-8-13(19-10)12(17)9-15-14(18)16-11-5-3-2-4-6-11/h7-8,11-12,17H,2-6,9H2,1H3,(H2,15,16,18). The zero-order valence-electron chi connectivity index (χ0n) is 11.3. The first-order valence-corrected chi connectivity index (χ1v) is 6.94. The van der Waals surface area contributed by atoms with Gasteiger partial charge in [0.05, 0.1) is 6.54 Å². The number of urea groups is 1. The topological polar surface area (TPSA) is 74.5 Å². The quantitative estimate of drug-likeness (QED) is 0.782. The fourth-order valence-electron chi connectivity index (χ4n) is 2.41. The molecule has 0 aliphatic heterocycles. The third-order valence-corrected chi connectivity index (χ3v) is 3.49. The van der Waals surface area contributed by atoms with Crippen LogP contribution in [-0.4, -0.2) is 23.7 Å². The number of nitrogens with one attached hydrogen (secondary N) is 2. The minimum absolute atomic E-state index is 0.158. The summed E-state index contributed by atoms with van der Waals surface area (Å²) >= 11 is 0. The second kappa shape index (κ2) is 6.61. The van der Waals surface area contributed by atoms with Gasteiger partial charge in [-0.2, -0.15) is 0 Å². The van der Waals surface area contributed by atoms with Gasteiger partial charge in [0, 0.05) is 6.04 Å². The van der Waals surface area contributed by atoms with Gasteiger partial charge in [0.2, 0.25) is 0 Å². The maximum absolute atomic E-state index is 11.7. The van der Waals surface area contributed by atoms with Crippen LogP contribution in [0.15, 0.2) is 16.5 Å². The van der Waals surface area contributed by atoms with Crippen LogP contribution in [0.1, 0.15) is 49.7 Å². The molecule has 1 aliphatic carbocycles. The lowest BCUT2D eigenvalue weighted by molar-refractivity contribution is 0.146. The summed E-state index contributed by atoms with van der Waals surface area (Å²) in [5.41, 5.74) is 0. The van der Waals surface area contributed by atoms with Gasteiger partial charge in [0.25, 0.3) is 0 Å². The molecule has 0 radical (unpaired) electrons. The highest BCUT2D eigenvalue weighted by Gasteiger charge is 2.17. The summed E-state index contributed by atoms with van der Waals surface area (Å²) in [6.45, 7) is 1.98. The molecule has 1 unspecified atom stereocenters. The van der Waals surface area contributed by atoms with Crippen LogP contribution >= 0.6 is 0 Å². The highest BCUT2D eigenvalue weighted by Crippen LogP contribution is 2.17. The van der Waals surface area contributed by atoms with Crippen LogP contribution < -0.4 is 10.6 Å². The molecule has 1 aliphatic rings. The Bertz CT molecular complexity index is 411. The molecular formula is C14H22N2O3. The van der Waals surface area contributed by atoms with E-state index < -0.39 is 6.10 Å². The largest absolute Gasteiger partial charge is 0.464 e. The normalized spacial score (nSPS) is 18.0. The molecule has 1 atom stereocenters. The third-order valence-electron chi connectivity index (χ3n) is 3.49. The minimum atomic E-state index is -0.800. The molecule has 2 amide bonds. The Balaban J connectivity index is 1.70. The molecule has 0 aromatic carbocycles. The number of rotatable bonds is 4. The number of carbonyl (C=O) groups is 1. The van der Waals surface area contributed by atoms with Crippen molar-refractivity contribution in [3.8, 4) is 0 Å². The highest BCUT2D eigenvalue weighted by molar-refractivity contribution is 5.74. The molecule has 5 heteroatoms. The van der Waals surface area contributed by atoms with Gasteiger partial charge in [0.15, 0.2) is 0 Å². The number of furan rings is 1. The fourth-order valence-corrected chi connectivity index (χ4v) is 2.41. The van der Waals surface area contributed by atoms with Crippen molar-refractivity contribution in [2.45, 2.75) is 51.2 Å². The average Bonchev–Trinajstić information content (AvgIpc) is 2.84. The Labute approximate surface area is 113 Å². The maximum Gasteiger partial charge on any atom is 0.315 e. The van der Waals surface area contributed by atoms with E-state index in [2.05, 4.69) is 10.6 Å². The summed E-state index contributed by atoms with van der Waals surface area (Å²) in [6.07, 6.45) is 4.92. The third kappa shape index (κ3) is 4.28.